The fraction of sp³-hybridized carbons (Fsp3) is 0.250. The SMILES string of the molecule is C=CCSc1nc2cc(OC)ccc2n1C. The maximum Gasteiger partial charge on any atom is 0.169 e. The van der Waals surface area contributed by atoms with Crippen molar-refractivity contribution < 1.29 is 4.74 Å². The summed E-state index contributed by atoms with van der Waals surface area (Å²) in [6.07, 6.45) is 1.88. The maximum absolute atomic E-state index is 5.18. The van der Waals surface area contributed by atoms with E-state index >= 15 is 0 Å². The van der Waals surface area contributed by atoms with Crippen molar-refractivity contribution >= 4 is 22.8 Å². The molecular weight excluding hydrogens is 220 g/mol. The van der Waals surface area contributed by atoms with Gasteiger partial charge in [0.05, 0.1) is 18.1 Å². The van der Waals surface area contributed by atoms with Crippen LogP contribution in [0.25, 0.3) is 11.0 Å². The highest BCUT2D eigenvalue weighted by molar-refractivity contribution is 7.99. The van der Waals surface area contributed by atoms with Crippen LogP contribution in [0.5, 0.6) is 5.75 Å². The molecule has 0 amide bonds. The van der Waals surface area contributed by atoms with Crippen LogP contribution in [0.2, 0.25) is 0 Å². The Morgan fingerprint density at radius 3 is 3.06 bits per heavy atom. The number of thioether (sulfide) groups is 1. The zero-order chi connectivity index (χ0) is 11.5. The molecule has 2 aromatic rings. The third-order valence-corrected chi connectivity index (χ3v) is 3.40. The van der Waals surface area contributed by atoms with E-state index in [1.807, 2.05) is 31.3 Å². The van der Waals surface area contributed by atoms with Gasteiger partial charge in [-0.15, -0.1) is 6.58 Å². The molecule has 0 aliphatic carbocycles. The van der Waals surface area contributed by atoms with Gasteiger partial charge < -0.3 is 9.30 Å². The molecule has 1 aromatic heterocycles. The van der Waals surface area contributed by atoms with Gasteiger partial charge >= 0.3 is 0 Å². The number of benzene rings is 1. The molecule has 0 spiro atoms. The summed E-state index contributed by atoms with van der Waals surface area (Å²) in [6, 6.07) is 5.93. The fourth-order valence-electron chi connectivity index (χ4n) is 1.55. The molecule has 0 bridgehead atoms. The molecule has 2 rings (SSSR count). The maximum atomic E-state index is 5.18. The van der Waals surface area contributed by atoms with Gasteiger partial charge in [0.2, 0.25) is 0 Å². The monoisotopic (exact) mass is 234 g/mol. The summed E-state index contributed by atoms with van der Waals surface area (Å²) in [5.41, 5.74) is 2.08. The number of rotatable bonds is 4. The first-order chi connectivity index (χ1) is 7.76. The zero-order valence-corrected chi connectivity index (χ0v) is 10.3. The molecule has 0 unspecified atom stereocenters. The lowest BCUT2D eigenvalue weighted by atomic mass is 10.3. The van der Waals surface area contributed by atoms with Crippen LogP contribution < -0.4 is 4.74 Å². The molecule has 1 heterocycles. The number of aryl methyl sites for hydroxylation is 1. The van der Waals surface area contributed by atoms with E-state index in [0.29, 0.717) is 0 Å². The molecule has 0 radical (unpaired) electrons. The normalized spacial score (nSPS) is 10.6. The Labute approximate surface area is 99.1 Å². The van der Waals surface area contributed by atoms with Crippen molar-refractivity contribution in [2.45, 2.75) is 5.16 Å². The number of aromatic nitrogens is 2. The van der Waals surface area contributed by atoms with Crippen LogP contribution in [0, 0.1) is 0 Å². The molecule has 0 N–H and O–H groups in total. The first-order valence-corrected chi connectivity index (χ1v) is 5.99. The van der Waals surface area contributed by atoms with Gasteiger partial charge in [-0.05, 0) is 12.1 Å². The topological polar surface area (TPSA) is 27.1 Å². The van der Waals surface area contributed by atoms with Gasteiger partial charge in [0.25, 0.3) is 0 Å². The summed E-state index contributed by atoms with van der Waals surface area (Å²) in [7, 11) is 3.69. The molecule has 1 aromatic carbocycles. The van der Waals surface area contributed by atoms with E-state index in [-0.39, 0.29) is 0 Å². The second-order valence-electron chi connectivity index (χ2n) is 3.41. The van der Waals surface area contributed by atoms with Gasteiger partial charge in [-0.3, -0.25) is 0 Å². The van der Waals surface area contributed by atoms with Crippen molar-refractivity contribution in [1.82, 2.24) is 9.55 Å². The summed E-state index contributed by atoms with van der Waals surface area (Å²) in [4.78, 5) is 4.56. The van der Waals surface area contributed by atoms with Crippen molar-refractivity contribution in [3.63, 3.8) is 0 Å². The summed E-state index contributed by atoms with van der Waals surface area (Å²) in [6.45, 7) is 3.71. The summed E-state index contributed by atoms with van der Waals surface area (Å²) in [5.74, 6) is 1.71. The lowest BCUT2D eigenvalue weighted by molar-refractivity contribution is 0.415. The van der Waals surface area contributed by atoms with E-state index in [0.717, 1.165) is 27.7 Å². The Balaban J connectivity index is 2.45. The molecule has 0 aliphatic heterocycles. The molecule has 0 aliphatic rings. The minimum absolute atomic E-state index is 0.839. The Bertz CT molecular complexity index is 519. The number of hydrogen-bond donors (Lipinski definition) is 0. The average molecular weight is 234 g/mol. The Morgan fingerprint density at radius 1 is 1.56 bits per heavy atom. The molecule has 16 heavy (non-hydrogen) atoms. The Morgan fingerprint density at radius 2 is 2.38 bits per heavy atom. The smallest absolute Gasteiger partial charge is 0.169 e. The van der Waals surface area contributed by atoms with Crippen LogP contribution in [0.4, 0.5) is 0 Å². The summed E-state index contributed by atoms with van der Waals surface area (Å²) < 4.78 is 7.27. The zero-order valence-electron chi connectivity index (χ0n) is 9.43. The van der Waals surface area contributed by atoms with Crippen molar-refractivity contribution in [3.05, 3.63) is 30.9 Å². The third-order valence-electron chi connectivity index (χ3n) is 2.38. The van der Waals surface area contributed by atoms with Crippen LogP contribution >= 0.6 is 11.8 Å². The van der Waals surface area contributed by atoms with Gasteiger partial charge in [0.1, 0.15) is 5.75 Å². The molecular formula is C12H14N2OS. The first kappa shape index (κ1) is 11.1. The number of ether oxygens (including phenoxy) is 1. The lowest BCUT2D eigenvalue weighted by Crippen LogP contribution is -1.90. The predicted molar refractivity (Wildman–Crippen MR) is 68.2 cm³/mol. The lowest BCUT2D eigenvalue weighted by Gasteiger charge is -2.00. The molecule has 4 heteroatoms. The molecule has 0 saturated heterocycles. The quantitative estimate of drug-likeness (QED) is 0.601. The van der Waals surface area contributed by atoms with Gasteiger partial charge in [-0.25, -0.2) is 4.98 Å². The van der Waals surface area contributed by atoms with Crippen LogP contribution in [-0.2, 0) is 7.05 Å². The third kappa shape index (κ3) is 1.93. The highest BCUT2D eigenvalue weighted by Crippen LogP contribution is 2.25. The fourth-order valence-corrected chi connectivity index (χ4v) is 2.27. The molecule has 0 saturated carbocycles. The summed E-state index contributed by atoms with van der Waals surface area (Å²) in [5, 5.41) is 1.00. The number of imidazole rings is 1. The van der Waals surface area contributed by atoms with E-state index in [1.165, 1.54) is 0 Å². The number of nitrogens with zero attached hydrogens (tertiary/aromatic N) is 2. The second-order valence-corrected chi connectivity index (χ2v) is 4.39. The Hall–Kier alpha value is -1.42. The second kappa shape index (κ2) is 4.61. The molecule has 3 nitrogen and oxygen atoms in total. The standard InChI is InChI=1S/C12H14N2OS/c1-4-7-16-12-13-10-8-9(15-3)5-6-11(10)14(12)2/h4-6,8H,1,7H2,2-3H3. The van der Waals surface area contributed by atoms with Crippen molar-refractivity contribution in [2.75, 3.05) is 12.9 Å². The van der Waals surface area contributed by atoms with Gasteiger partial charge in [0.15, 0.2) is 5.16 Å². The van der Waals surface area contributed by atoms with E-state index in [2.05, 4.69) is 16.1 Å². The molecule has 0 fully saturated rings. The highest BCUT2D eigenvalue weighted by Gasteiger charge is 2.08. The van der Waals surface area contributed by atoms with Crippen LogP contribution in [0.3, 0.4) is 0 Å². The van der Waals surface area contributed by atoms with E-state index in [9.17, 15) is 0 Å². The van der Waals surface area contributed by atoms with Crippen LogP contribution in [0.1, 0.15) is 0 Å². The highest BCUT2D eigenvalue weighted by atomic mass is 32.2. The number of hydrogen-bond acceptors (Lipinski definition) is 3. The van der Waals surface area contributed by atoms with Gasteiger partial charge in [-0.1, -0.05) is 17.8 Å². The summed E-state index contributed by atoms with van der Waals surface area (Å²) >= 11 is 1.68. The minimum atomic E-state index is 0.839. The van der Waals surface area contributed by atoms with Gasteiger partial charge in [-0.2, -0.15) is 0 Å². The van der Waals surface area contributed by atoms with Crippen LogP contribution in [-0.4, -0.2) is 22.4 Å². The molecule has 0 atom stereocenters. The van der Waals surface area contributed by atoms with E-state index in [4.69, 9.17) is 4.74 Å². The number of methoxy groups -OCH3 is 1. The van der Waals surface area contributed by atoms with Gasteiger partial charge in [0, 0.05) is 18.9 Å². The predicted octanol–water partition coefficient (Wildman–Crippen LogP) is 2.86. The van der Waals surface area contributed by atoms with E-state index in [1.54, 1.807) is 18.9 Å². The molecule has 84 valence electrons. The minimum Gasteiger partial charge on any atom is -0.497 e. The first-order valence-electron chi connectivity index (χ1n) is 5.00. The van der Waals surface area contributed by atoms with Crippen molar-refractivity contribution in [3.8, 4) is 5.75 Å². The van der Waals surface area contributed by atoms with E-state index < -0.39 is 0 Å². The number of fused-ring (bicyclic) bond motifs is 1. The largest absolute Gasteiger partial charge is 0.497 e. The average Bonchev–Trinajstić information content (AvgIpc) is 2.63. The van der Waals surface area contributed by atoms with Crippen molar-refractivity contribution in [2.24, 2.45) is 7.05 Å². The van der Waals surface area contributed by atoms with Crippen LogP contribution in [0.15, 0.2) is 36.0 Å². The Kier molecular flexibility index (Phi) is 3.19. The van der Waals surface area contributed by atoms with Crippen molar-refractivity contribution in [1.29, 1.82) is 0 Å².